The Balaban J connectivity index is 1.00. The maximum atomic E-state index is 2.72. The third kappa shape index (κ3) is 4.97. The van der Waals surface area contributed by atoms with Gasteiger partial charge in [-0.3, -0.25) is 0 Å². The molecule has 0 spiro atoms. The molecule has 0 saturated heterocycles. The van der Waals surface area contributed by atoms with E-state index in [1.165, 1.54) is 160 Å². The van der Waals surface area contributed by atoms with Crippen molar-refractivity contribution in [3.63, 3.8) is 0 Å². The number of para-hydroxylation sites is 2. The molecule has 0 amide bonds. The molecule has 1 atom stereocenters. The van der Waals surface area contributed by atoms with Crippen LogP contribution in [0.3, 0.4) is 0 Å². The van der Waals surface area contributed by atoms with Gasteiger partial charge in [-0.2, -0.15) is 0 Å². The Bertz CT molecular complexity index is 4760. The van der Waals surface area contributed by atoms with Crippen LogP contribution in [0.5, 0.6) is 0 Å². The highest BCUT2D eigenvalue weighted by atomic mass is 15.2. The minimum atomic E-state index is -0.235. The molecule has 3 heterocycles. The molecule has 13 aromatic rings. The summed E-state index contributed by atoms with van der Waals surface area (Å²) in [4.78, 5) is 2.58. The highest BCUT2D eigenvalue weighted by Gasteiger charge is 2.47. The van der Waals surface area contributed by atoms with Crippen molar-refractivity contribution in [3.8, 4) is 61.3 Å². The zero-order valence-electron chi connectivity index (χ0n) is 41.5. The smallest absolute Gasteiger partial charge is 0.252 e. The molecule has 1 aromatic heterocycles. The average Bonchev–Trinajstić information content (AvgIpc) is 4.08. The SMILES string of the molecule is CC1(C)c2ccccc2-c2cc3c4c(c21)c1cc(-c2cccc5ccccc25)ccc1n4-c1cc(C2c4cccc5c4-c4c2ccc2cccc(c42)-c2ccccc2-5)cc2c1B3c1ccccc1N2c1ccccc1. The van der Waals surface area contributed by atoms with E-state index in [-0.39, 0.29) is 18.0 Å². The number of rotatable bonds is 3. The van der Waals surface area contributed by atoms with Gasteiger partial charge in [-0.15, -0.1) is 0 Å². The topological polar surface area (TPSA) is 8.17 Å². The van der Waals surface area contributed by atoms with Crippen LogP contribution in [-0.4, -0.2) is 11.3 Å². The summed E-state index contributed by atoms with van der Waals surface area (Å²) in [6.45, 7) is 4.91. The summed E-state index contributed by atoms with van der Waals surface area (Å²) in [6.07, 6.45) is 0. The first-order valence-corrected chi connectivity index (χ1v) is 26.7. The zero-order valence-corrected chi connectivity index (χ0v) is 41.5. The number of aromatic nitrogens is 1. The minimum Gasteiger partial charge on any atom is -0.311 e. The fourth-order valence-electron chi connectivity index (χ4n) is 15.4. The van der Waals surface area contributed by atoms with Crippen molar-refractivity contribution in [2.75, 3.05) is 4.90 Å². The molecule has 2 nitrogen and oxygen atoms in total. The minimum absolute atomic E-state index is 0.00223. The van der Waals surface area contributed by atoms with Crippen molar-refractivity contribution < 1.29 is 0 Å². The monoisotopic (exact) mass is 948 g/mol. The van der Waals surface area contributed by atoms with Crippen LogP contribution < -0.4 is 21.3 Å². The molecule has 0 fully saturated rings. The van der Waals surface area contributed by atoms with Gasteiger partial charge in [0, 0.05) is 50.4 Å². The third-order valence-corrected chi connectivity index (χ3v) is 18.3. The van der Waals surface area contributed by atoms with Gasteiger partial charge < -0.3 is 9.47 Å². The lowest BCUT2D eigenvalue weighted by Gasteiger charge is -2.41. The average molecular weight is 949 g/mol. The second-order valence-corrected chi connectivity index (χ2v) is 22.2. The number of anilines is 3. The summed E-state index contributed by atoms with van der Waals surface area (Å²) < 4.78 is 2.72. The maximum Gasteiger partial charge on any atom is 0.252 e. The van der Waals surface area contributed by atoms with Crippen LogP contribution in [0, 0.1) is 0 Å². The molecule has 1 unspecified atom stereocenters. The molecule has 0 N–H and O–H groups in total. The van der Waals surface area contributed by atoms with E-state index in [2.05, 4.69) is 254 Å². The molecule has 75 heavy (non-hydrogen) atoms. The predicted octanol–water partition coefficient (Wildman–Crippen LogP) is 16.5. The van der Waals surface area contributed by atoms with Crippen molar-refractivity contribution in [2.24, 2.45) is 0 Å². The molecule has 3 heteroatoms. The number of benzene rings is 12. The standard InChI is InChI=1S/C72H45BN2/c1-72(2)57-30-11-10-25-50(57)55-40-59-71-68(69(55)72)56-37-43(47-26-14-18-41-17-6-7-22-46(41)47)34-36-60(56)75(71)63-39-44(38-62-70(63)73(59)58-31-12-13-32-61(58)74(62)45-20-4-3-5-21-45)64-53-29-16-28-52-49-24-9-8-23-48(49)51-27-15-19-42-33-35-54(64)67(65(42)51)66(52)53/h3-40,64H,1-2H3. The number of hydrogen-bond donors (Lipinski definition) is 0. The first-order chi connectivity index (χ1) is 37.0. The number of hydrogen-bond acceptors (Lipinski definition) is 1. The van der Waals surface area contributed by atoms with Gasteiger partial charge in [0.05, 0.1) is 5.52 Å². The van der Waals surface area contributed by atoms with E-state index >= 15 is 0 Å². The Labute approximate surface area is 435 Å². The van der Waals surface area contributed by atoms with Crippen LogP contribution in [0.4, 0.5) is 17.1 Å². The van der Waals surface area contributed by atoms with E-state index in [0.29, 0.717) is 0 Å². The maximum absolute atomic E-state index is 2.72. The summed E-state index contributed by atoms with van der Waals surface area (Å²) in [7, 11) is 0. The predicted molar refractivity (Wildman–Crippen MR) is 315 cm³/mol. The molecule has 2 aliphatic heterocycles. The fourth-order valence-corrected chi connectivity index (χ4v) is 15.4. The van der Waals surface area contributed by atoms with E-state index < -0.39 is 0 Å². The van der Waals surface area contributed by atoms with Crippen LogP contribution in [0.2, 0.25) is 0 Å². The lowest BCUT2D eigenvalue weighted by Crippen LogP contribution is -2.60. The van der Waals surface area contributed by atoms with Crippen molar-refractivity contribution in [1.29, 1.82) is 0 Å². The normalized spacial score (nSPS) is 15.3. The van der Waals surface area contributed by atoms with E-state index in [4.69, 9.17) is 0 Å². The van der Waals surface area contributed by atoms with E-state index in [9.17, 15) is 0 Å². The quantitative estimate of drug-likeness (QED) is 0.160. The van der Waals surface area contributed by atoms with E-state index in [1.807, 2.05) is 0 Å². The number of fused-ring (bicyclic) bond motifs is 15. The van der Waals surface area contributed by atoms with Crippen LogP contribution in [-0.2, 0) is 5.41 Å². The molecule has 0 saturated carbocycles. The van der Waals surface area contributed by atoms with Crippen molar-refractivity contribution in [1.82, 2.24) is 4.57 Å². The van der Waals surface area contributed by atoms with Crippen molar-refractivity contribution in [2.45, 2.75) is 25.2 Å². The van der Waals surface area contributed by atoms with E-state index in [0.717, 1.165) is 5.69 Å². The Hall–Kier alpha value is -9.18. The Morgan fingerprint density at radius 1 is 0.427 bits per heavy atom. The highest BCUT2D eigenvalue weighted by Crippen LogP contribution is 2.60. The van der Waals surface area contributed by atoms with Crippen LogP contribution >= 0.6 is 0 Å². The first kappa shape index (κ1) is 40.3. The summed E-state index contributed by atoms with van der Waals surface area (Å²) in [5.74, 6) is -0.00223. The fraction of sp³-hybridized carbons (Fsp3) is 0.0556. The summed E-state index contributed by atoms with van der Waals surface area (Å²) in [5.41, 5.74) is 31.5. The molecule has 3 aliphatic carbocycles. The molecule has 5 aliphatic rings. The lowest BCUT2D eigenvalue weighted by molar-refractivity contribution is 0.666. The lowest BCUT2D eigenvalue weighted by atomic mass is 9.33. The Morgan fingerprint density at radius 2 is 1.11 bits per heavy atom. The van der Waals surface area contributed by atoms with Gasteiger partial charge >= 0.3 is 0 Å². The van der Waals surface area contributed by atoms with E-state index in [1.54, 1.807) is 0 Å². The molecule has 0 radical (unpaired) electrons. The Kier molecular flexibility index (Phi) is 7.58. The van der Waals surface area contributed by atoms with Gasteiger partial charge in [0.15, 0.2) is 0 Å². The van der Waals surface area contributed by atoms with Gasteiger partial charge in [0.2, 0.25) is 0 Å². The third-order valence-electron chi connectivity index (χ3n) is 18.3. The van der Waals surface area contributed by atoms with Crippen molar-refractivity contribution in [3.05, 3.63) is 258 Å². The molecule has 18 rings (SSSR count). The van der Waals surface area contributed by atoms with Crippen LogP contribution in [0.1, 0.15) is 47.6 Å². The Morgan fingerprint density at radius 3 is 2.00 bits per heavy atom. The summed E-state index contributed by atoms with van der Waals surface area (Å²) in [5, 5.41) is 7.87. The van der Waals surface area contributed by atoms with Gasteiger partial charge in [-0.1, -0.05) is 202 Å². The van der Waals surface area contributed by atoms with Crippen molar-refractivity contribution >= 4 is 83.5 Å². The molecule has 12 aromatic carbocycles. The highest BCUT2D eigenvalue weighted by molar-refractivity contribution is 7.00. The van der Waals surface area contributed by atoms with Gasteiger partial charge in [-0.25, -0.2) is 0 Å². The number of nitrogens with zero attached hydrogens (tertiary/aromatic N) is 2. The second kappa shape index (κ2) is 14.1. The van der Waals surface area contributed by atoms with Crippen LogP contribution in [0.25, 0.3) is 105 Å². The molecule has 0 bridgehead atoms. The second-order valence-electron chi connectivity index (χ2n) is 22.2. The van der Waals surface area contributed by atoms with Gasteiger partial charge in [-0.05, 0) is 164 Å². The summed E-state index contributed by atoms with van der Waals surface area (Å²) >= 11 is 0. The molecular weight excluding hydrogens is 904 g/mol. The first-order valence-electron chi connectivity index (χ1n) is 26.7. The molecule has 346 valence electrons. The zero-order chi connectivity index (χ0) is 49.0. The van der Waals surface area contributed by atoms with Gasteiger partial charge in [0.25, 0.3) is 6.71 Å². The largest absolute Gasteiger partial charge is 0.311 e. The molecular formula is C72H45BN2. The summed E-state index contributed by atoms with van der Waals surface area (Å²) in [6, 6.07) is 88.4. The van der Waals surface area contributed by atoms with Crippen LogP contribution in [0.15, 0.2) is 231 Å². The van der Waals surface area contributed by atoms with Gasteiger partial charge in [0.1, 0.15) is 0 Å².